The van der Waals surface area contributed by atoms with E-state index in [0.29, 0.717) is 0 Å². The van der Waals surface area contributed by atoms with Crippen LogP contribution in [0.15, 0.2) is 18.3 Å². The molecule has 1 N–H and O–H groups in total. The van der Waals surface area contributed by atoms with Gasteiger partial charge in [-0.25, -0.2) is 0 Å². The standard InChI is InChI=1S/C9H10N2.C2H6/c1-6-5-7(2)11-8-3-4-10-9(6)8;1-2/h3-5,10H,1-2H3;1-2H3. The van der Waals surface area contributed by atoms with Crippen molar-refractivity contribution in [3.05, 3.63) is 29.6 Å². The van der Waals surface area contributed by atoms with Gasteiger partial charge in [-0.05, 0) is 31.5 Å². The highest BCUT2D eigenvalue weighted by Gasteiger charge is 1.98. The van der Waals surface area contributed by atoms with Crippen LogP contribution in [-0.4, -0.2) is 9.97 Å². The zero-order valence-electron chi connectivity index (χ0n) is 8.68. The number of fused-ring (bicyclic) bond motifs is 1. The summed E-state index contributed by atoms with van der Waals surface area (Å²) in [7, 11) is 0. The van der Waals surface area contributed by atoms with Gasteiger partial charge in [-0.1, -0.05) is 13.8 Å². The normalized spacial score (nSPS) is 9.54. The largest absolute Gasteiger partial charge is 0.360 e. The number of hydrogen-bond donors (Lipinski definition) is 1. The molecule has 0 saturated heterocycles. The van der Waals surface area contributed by atoms with Crippen molar-refractivity contribution in [1.82, 2.24) is 9.97 Å². The Labute approximate surface area is 79.0 Å². The smallest absolute Gasteiger partial charge is 0.0884 e. The average Bonchev–Trinajstić information content (AvgIpc) is 2.55. The monoisotopic (exact) mass is 176 g/mol. The first kappa shape index (κ1) is 9.78. The molecule has 0 saturated carbocycles. The first-order valence-electron chi connectivity index (χ1n) is 4.69. The van der Waals surface area contributed by atoms with Crippen molar-refractivity contribution < 1.29 is 0 Å². The summed E-state index contributed by atoms with van der Waals surface area (Å²) in [5.41, 5.74) is 4.55. The van der Waals surface area contributed by atoms with Crippen LogP contribution in [0.25, 0.3) is 11.0 Å². The third-order valence-electron chi connectivity index (χ3n) is 1.84. The van der Waals surface area contributed by atoms with Gasteiger partial charge >= 0.3 is 0 Å². The number of hydrogen-bond acceptors (Lipinski definition) is 1. The maximum Gasteiger partial charge on any atom is 0.0884 e. The van der Waals surface area contributed by atoms with E-state index in [4.69, 9.17) is 0 Å². The summed E-state index contributed by atoms with van der Waals surface area (Å²) < 4.78 is 0. The van der Waals surface area contributed by atoms with E-state index >= 15 is 0 Å². The number of aromatic amines is 1. The molecule has 2 heterocycles. The molecule has 0 spiro atoms. The van der Waals surface area contributed by atoms with Crippen molar-refractivity contribution in [2.45, 2.75) is 27.7 Å². The molecule has 0 bridgehead atoms. The summed E-state index contributed by atoms with van der Waals surface area (Å²) in [5, 5.41) is 0. The summed E-state index contributed by atoms with van der Waals surface area (Å²) in [5.74, 6) is 0. The zero-order chi connectivity index (χ0) is 9.84. The van der Waals surface area contributed by atoms with Gasteiger partial charge in [0.15, 0.2) is 0 Å². The Balaban J connectivity index is 0.000000396. The van der Waals surface area contributed by atoms with Crippen molar-refractivity contribution in [3.8, 4) is 0 Å². The number of aryl methyl sites for hydroxylation is 2. The van der Waals surface area contributed by atoms with E-state index < -0.39 is 0 Å². The van der Waals surface area contributed by atoms with Crippen LogP contribution in [0, 0.1) is 13.8 Å². The lowest BCUT2D eigenvalue weighted by molar-refractivity contribution is 1.23. The van der Waals surface area contributed by atoms with Crippen molar-refractivity contribution in [2.75, 3.05) is 0 Å². The maximum atomic E-state index is 4.37. The van der Waals surface area contributed by atoms with Crippen molar-refractivity contribution in [3.63, 3.8) is 0 Å². The van der Waals surface area contributed by atoms with Gasteiger partial charge in [0.25, 0.3) is 0 Å². The summed E-state index contributed by atoms with van der Waals surface area (Å²) in [6.45, 7) is 8.10. The quantitative estimate of drug-likeness (QED) is 0.656. The molecule has 70 valence electrons. The number of nitrogens with one attached hydrogen (secondary N) is 1. The van der Waals surface area contributed by atoms with Crippen LogP contribution in [0.5, 0.6) is 0 Å². The molecule has 13 heavy (non-hydrogen) atoms. The second-order valence-corrected chi connectivity index (χ2v) is 2.82. The minimum absolute atomic E-state index is 1.06. The van der Waals surface area contributed by atoms with Crippen LogP contribution in [0.3, 0.4) is 0 Å². The van der Waals surface area contributed by atoms with Crippen LogP contribution in [-0.2, 0) is 0 Å². The Hall–Kier alpha value is -1.31. The molecule has 0 aliphatic heterocycles. The van der Waals surface area contributed by atoms with Gasteiger partial charge in [-0.3, -0.25) is 4.98 Å². The molecule has 0 aliphatic rings. The third kappa shape index (κ3) is 1.89. The molecule has 0 fully saturated rings. The van der Waals surface area contributed by atoms with Crippen molar-refractivity contribution in [2.24, 2.45) is 0 Å². The lowest BCUT2D eigenvalue weighted by Gasteiger charge is -1.96. The predicted octanol–water partition coefficient (Wildman–Crippen LogP) is 3.21. The Morgan fingerprint density at radius 2 is 1.92 bits per heavy atom. The Morgan fingerprint density at radius 3 is 2.62 bits per heavy atom. The Bertz CT molecular complexity index is 388. The highest BCUT2D eigenvalue weighted by molar-refractivity contribution is 5.78. The van der Waals surface area contributed by atoms with E-state index in [0.717, 1.165) is 16.7 Å². The molecule has 2 rings (SSSR count). The van der Waals surface area contributed by atoms with Gasteiger partial charge in [-0.15, -0.1) is 0 Å². The molecule has 0 aliphatic carbocycles. The molecule has 0 atom stereocenters. The molecular weight excluding hydrogens is 160 g/mol. The van der Waals surface area contributed by atoms with Crippen LogP contribution in [0.1, 0.15) is 25.1 Å². The fourth-order valence-electron chi connectivity index (χ4n) is 1.38. The topological polar surface area (TPSA) is 28.7 Å². The van der Waals surface area contributed by atoms with Gasteiger partial charge in [0.1, 0.15) is 0 Å². The van der Waals surface area contributed by atoms with Gasteiger partial charge in [0.05, 0.1) is 11.0 Å². The number of nitrogens with zero attached hydrogens (tertiary/aromatic N) is 1. The van der Waals surface area contributed by atoms with Crippen LogP contribution < -0.4 is 0 Å². The molecule has 0 unspecified atom stereocenters. The van der Waals surface area contributed by atoms with Crippen molar-refractivity contribution >= 4 is 11.0 Å². The van der Waals surface area contributed by atoms with Crippen LogP contribution >= 0.6 is 0 Å². The first-order valence-corrected chi connectivity index (χ1v) is 4.69. The number of pyridine rings is 1. The van der Waals surface area contributed by atoms with E-state index in [-0.39, 0.29) is 0 Å². The Kier molecular flexibility index (Phi) is 3.07. The highest BCUT2D eigenvalue weighted by atomic mass is 14.8. The van der Waals surface area contributed by atoms with Gasteiger partial charge in [0.2, 0.25) is 0 Å². The second kappa shape index (κ2) is 4.08. The molecule has 0 amide bonds. The minimum atomic E-state index is 1.06. The third-order valence-corrected chi connectivity index (χ3v) is 1.84. The van der Waals surface area contributed by atoms with Gasteiger partial charge in [-0.2, -0.15) is 0 Å². The van der Waals surface area contributed by atoms with E-state index in [1.165, 1.54) is 5.56 Å². The first-order chi connectivity index (χ1) is 6.27. The van der Waals surface area contributed by atoms with Gasteiger partial charge < -0.3 is 4.98 Å². The number of rotatable bonds is 0. The van der Waals surface area contributed by atoms with Gasteiger partial charge in [0, 0.05) is 11.9 Å². The molecule has 2 aromatic rings. The fraction of sp³-hybridized carbons (Fsp3) is 0.364. The summed E-state index contributed by atoms with van der Waals surface area (Å²) in [6, 6.07) is 4.08. The number of H-pyrrole nitrogens is 1. The lowest BCUT2D eigenvalue weighted by Crippen LogP contribution is -1.84. The van der Waals surface area contributed by atoms with E-state index in [2.05, 4.69) is 23.0 Å². The Morgan fingerprint density at radius 1 is 1.23 bits per heavy atom. The lowest BCUT2D eigenvalue weighted by atomic mass is 10.2. The van der Waals surface area contributed by atoms with Crippen LogP contribution in [0.4, 0.5) is 0 Å². The van der Waals surface area contributed by atoms with Crippen molar-refractivity contribution in [1.29, 1.82) is 0 Å². The SMILES string of the molecule is CC.Cc1cc(C)c2[nH]ccc2n1. The summed E-state index contributed by atoms with van der Waals surface area (Å²) in [4.78, 5) is 7.52. The molecule has 0 aromatic carbocycles. The molecule has 2 nitrogen and oxygen atoms in total. The molecular formula is C11H16N2. The second-order valence-electron chi connectivity index (χ2n) is 2.82. The molecule has 2 heteroatoms. The maximum absolute atomic E-state index is 4.37. The van der Waals surface area contributed by atoms with Crippen LogP contribution in [0.2, 0.25) is 0 Å². The van der Waals surface area contributed by atoms with E-state index in [1.807, 2.05) is 33.0 Å². The number of aromatic nitrogens is 2. The average molecular weight is 176 g/mol. The van der Waals surface area contributed by atoms with E-state index in [1.54, 1.807) is 0 Å². The minimum Gasteiger partial charge on any atom is -0.360 e. The summed E-state index contributed by atoms with van der Waals surface area (Å²) in [6.07, 6.45) is 1.92. The molecule has 0 radical (unpaired) electrons. The highest BCUT2D eigenvalue weighted by Crippen LogP contribution is 2.14. The zero-order valence-corrected chi connectivity index (χ0v) is 8.68. The fourth-order valence-corrected chi connectivity index (χ4v) is 1.38. The molecule has 2 aromatic heterocycles. The van der Waals surface area contributed by atoms with E-state index in [9.17, 15) is 0 Å². The summed E-state index contributed by atoms with van der Waals surface area (Å²) >= 11 is 0. The predicted molar refractivity (Wildman–Crippen MR) is 56.9 cm³/mol.